The van der Waals surface area contributed by atoms with Crippen molar-refractivity contribution in [2.24, 2.45) is 0 Å². The average Bonchev–Trinajstić information content (AvgIpc) is 2.73. The summed E-state index contributed by atoms with van der Waals surface area (Å²) in [5, 5.41) is 8.55. The number of nitrogens with one attached hydrogen (secondary N) is 3. The first-order valence-electron chi connectivity index (χ1n) is 9.23. The Hall–Kier alpha value is -3.67. The van der Waals surface area contributed by atoms with Gasteiger partial charge in [-0.3, -0.25) is 9.59 Å². The SMILES string of the molecule is Cc1ccc(CNC(=O)c2ccccc2NCC(=O)Nc2ccc(F)cc2)cc1. The number of amides is 2. The summed E-state index contributed by atoms with van der Waals surface area (Å²) in [6.45, 7) is 2.40. The Labute approximate surface area is 169 Å². The summed E-state index contributed by atoms with van der Waals surface area (Å²) in [6.07, 6.45) is 0. The molecule has 0 saturated heterocycles. The number of carbonyl (C=O) groups is 2. The number of hydrogen-bond acceptors (Lipinski definition) is 3. The summed E-state index contributed by atoms with van der Waals surface area (Å²) in [5.41, 5.74) is 3.68. The molecule has 0 aliphatic heterocycles. The smallest absolute Gasteiger partial charge is 0.253 e. The van der Waals surface area contributed by atoms with Crippen molar-refractivity contribution in [1.29, 1.82) is 0 Å². The van der Waals surface area contributed by atoms with Gasteiger partial charge in [-0.25, -0.2) is 4.39 Å². The van der Waals surface area contributed by atoms with Crippen LogP contribution in [0.25, 0.3) is 0 Å². The van der Waals surface area contributed by atoms with Gasteiger partial charge < -0.3 is 16.0 Å². The van der Waals surface area contributed by atoms with Gasteiger partial charge in [-0.1, -0.05) is 42.0 Å². The van der Waals surface area contributed by atoms with Crippen LogP contribution in [0.5, 0.6) is 0 Å². The zero-order valence-electron chi connectivity index (χ0n) is 16.0. The molecular weight excluding hydrogens is 369 g/mol. The second-order valence-corrected chi connectivity index (χ2v) is 6.62. The van der Waals surface area contributed by atoms with Crippen LogP contribution in [0.4, 0.5) is 15.8 Å². The summed E-state index contributed by atoms with van der Waals surface area (Å²) in [5.74, 6) is -0.897. The quantitative estimate of drug-likeness (QED) is 0.568. The molecule has 3 rings (SSSR count). The minimum Gasteiger partial charge on any atom is -0.376 e. The molecule has 0 spiro atoms. The first-order chi connectivity index (χ1) is 14.0. The van der Waals surface area contributed by atoms with E-state index in [1.165, 1.54) is 24.3 Å². The first-order valence-corrected chi connectivity index (χ1v) is 9.23. The number of rotatable bonds is 7. The third-order valence-corrected chi connectivity index (χ3v) is 4.31. The van der Waals surface area contributed by atoms with Gasteiger partial charge in [-0.2, -0.15) is 0 Å². The lowest BCUT2D eigenvalue weighted by molar-refractivity contribution is -0.114. The van der Waals surface area contributed by atoms with Crippen molar-refractivity contribution >= 4 is 23.2 Å². The Morgan fingerprint density at radius 1 is 0.897 bits per heavy atom. The van der Waals surface area contributed by atoms with Crippen molar-refractivity contribution in [3.05, 3.63) is 95.3 Å². The molecule has 0 fully saturated rings. The summed E-state index contributed by atoms with van der Waals surface area (Å²) in [6, 6.07) is 20.5. The molecule has 2 amide bonds. The molecule has 3 aromatic carbocycles. The van der Waals surface area contributed by atoms with Crippen LogP contribution < -0.4 is 16.0 Å². The summed E-state index contributed by atoms with van der Waals surface area (Å²) >= 11 is 0. The van der Waals surface area contributed by atoms with Crippen molar-refractivity contribution in [1.82, 2.24) is 5.32 Å². The number of benzene rings is 3. The monoisotopic (exact) mass is 391 g/mol. The average molecular weight is 391 g/mol. The fourth-order valence-corrected chi connectivity index (χ4v) is 2.73. The molecule has 0 aliphatic rings. The maximum atomic E-state index is 12.9. The Morgan fingerprint density at radius 2 is 1.59 bits per heavy atom. The van der Waals surface area contributed by atoms with E-state index in [-0.39, 0.29) is 24.2 Å². The fourth-order valence-electron chi connectivity index (χ4n) is 2.73. The lowest BCUT2D eigenvalue weighted by Crippen LogP contribution is -2.26. The van der Waals surface area contributed by atoms with E-state index in [1.54, 1.807) is 24.3 Å². The third kappa shape index (κ3) is 5.90. The molecule has 0 radical (unpaired) electrons. The van der Waals surface area contributed by atoms with Crippen LogP contribution in [0, 0.1) is 12.7 Å². The van der Waals surface area contributed by atoms with Crippen molar-refractivity contribution in [3.8, 4) is 0 Å². The van der Waals surface area contributed by atoms with Gasteiger partial charge in [0.1, 0.15) is 5.82 Å². The number of para-hydroxylation sites is 1. The Balaban J connectivity index is 1.57. The largest absolute Gasteiger partial charge is 0.376 e. The van der Waals surface area contributed by atoms with E-state index in [0.717, 1.165) is 11.1 Å². The molecule has 6 heteroatoms. The summed E-state index contributed by atoms with van der Waals surface area (Å²) in [7, 11) is 0. The molecule has 0 heterocycles. The molecule has 148 valence electrons. The van der Waals surface area contributed by atoms with E-state index in [4.69, 9.17) is 0 Å². The zero-order valence-corrected chi connectivity index (χ0v) is 16.0. The topological polar surface area (TPSA) is 70.2 Å². The maximum absolute atomic E-state index is 12.9. The third-order valence-electron chi connectivity index (χ3n) is 4.31. The number of aryl methyl sites for hydroxylation is 1. The van der Waals surface area contributed by atoms with E-state index < -0.39 is 0 Å². The molecule has 0 bridgehead atoms. The minimum absolute atomic E-state index is 0.0281. The molecule has 5 nitrogen and oxygen atoms in total. The normalized spacial score (nSPS) is 10.3. The number of carbonyl (C=O) groups excluding carboxylic acids is 2. The van der Waals surface area contributed by atoms with Gasteiger partial charge in [0.15, 0.2) is 0 Å². The van der Waals surface area contributed by atoms with Gasteiger partial charge in [-0.05, 0) is 48.9 Å². The number of hydrogen-bond donors (Lipinski definition) is 3. The Morgan fingerprint density at radius 3 is 2.31 bits per heavy atom. The van der Waals surface area contributed by atoms with Crippen molar-refractivity contribution in [2.75, 3.05) is 17.2 Å². The van der Waals surface area contributed by atoms with Gasteiger partial charge in [-0.15, -0.1) is 0 Å². The molecular formula is C23H22FN3O2. The Kier molecular flexibility index (Phi) is 6.58. The standard InChI is InChI=1S/C23H22FN3O2/c1-16-6-8-17(9-7-16)14-26-23(29)20-4-2-3-5-21(20)25-15-22(28)27-19-12-10-18(24)11-13-19/h2-13,25H,14-15H2,1H3,(H,26,29)(H,27,28). The van der Waals surface area contributed by atoms with Crippen molar-refractivity contribution in [2.45, 2.75) is 13.5 Å². The first kappa shape index (κ1) is 20.1. The predicted molar refractivity (Wildman–Crippen MR) is 112 cm³/mol. The van der Waals surface area contributed by atoms with Gasteiger partial charge in [0.05, 0.1) is 12.1 Å². The van der Waals surface area contributed by atoms with E-state index in [1.807, 2.05) is 31.2 Å². The molecule has 0 saturated carbocycles. The van der Waals surface area contributed by atoms with Crippen LogP contribution in [0.3, 0.4) is 0 Å². The maximum Gasteiger partial charge on any atom is 0.253 e. The lowest BCUT2D eigenvalue weighted by atomic mass is 10.1. The molecule has 3 aromatic rings. The molecule has 0 aliphatic carbocycles. The summed E-state index contributed by atoms with van der Waals surface area (Å²) in [4.78, 5) is 24.7. The summed E-state index contributed by atoms with van der Waals surface area (Å²) < 4.78 is 12.9. The van der Waals surface area contributed by atoms with Crippen molar-refractivity contribution in [3.63, 3.8) is 0 Å². The molecule has 0 aromatic heterocycles. The number of halogens is 1. The van der Waals surface area contributed by atoms with E-state index in [0.29, 0.717) is 23.5 Å². The van der Waals surface area contributed by atoms with E-state index in [2.05, 4.69) is 16.0 Å². The van der Waals surface area contributed by atoms with Gasteiger partial charge in [0.25, 0.3) is 5.91 Å². The van der Waals surface area contributed by atoms with Crippen LogP contribution in [-0.4, -0.2) is 18.4 Å². The predicted octanol–water partition coefficient (Wildman–Crippen LogP) is 4.11. The lowest BCUT2D eigenvalue weighted by Gasteiger charge is -2.12. The highest BCUT2D eigenvalue weighted by Crippen LogP contribution is 2.15. The van der Waals surface area contributed by atoms with E-state index >= 15 is 0 Å². The molecule has 29 heavy (non-hydrogen) atoms. The fraction of sp³-hybridized carbons (Fsp3) is 0.130. The minimum atomic E-state index is -0.369. The molecule has 0 atom stereocenters. The highest BCUT2D eigenvalue weighted by atomic mass is 19.1. The van der Waals surface area contributed by atoms with Crippen LogP contribution in [0.15, 0.2) is 72.8 Å². The van der Waals surface area contributed by atoms with Crippen LogP contribution >= 0.6 is 0 Å². The van der Waals surface area contributed by atoms with Crippen LogP contribution in [0.2, 0.25) is 0 Å². The molecule has 3 N–H and O–H groups in total. The highest BCUT2D eigenvalue weighted by molar-refractivity contribution is 6.00. The highest BCUT2D eigenvalue weighted by Gasteiger charge is 2.12. The number of anilines is 2. The van der Waals surface area contributed by atoms with Gasteiger partial charge >= 0.3 is 0 Å². The molecule has 0 unspecified atom stereocenters. The van der Waals surface area contributed by atoms with Crippen molar-refractivity contribution < 1.29 is 14.0 Å². The van der Waals surface area contributed by atoms with Crippen LogP contribution in [0.1, 0.15) is 21.5 Å². The van der Waals surface area contributed by atoms with Crippen LogP contribution in [-0.2, 0) is 11.3 Å². The Bertz CT molecular complexity index is 986. The second-order valence-electron chi connectivity index (χ2n) is 6.62. The second kappa shape index (κ2) is 9.50. The van der Waals surface area contributed by atoms with E-state index in [9.17, 15) is 14.0 Å². The van der Waals surface area contributed by atoms with Gasteiger partial charge in [0.2, 0.25) is 5.91 Å². The zero-order chi connectivity index (χ0) is 20.6. The van der Waals surface area contributed by atoms with Gasteiger partial charge in [0, 0.05) is 17.9 Å².